The number of amidine groups is 1. The van der Waals surface area contributed by atoms with E-state index in [1.807, 2.05) is 0 Å². The third kappa shape index (κ3) is 2.43. The van der Waals surface area contributed by atoms with E-state index < -0.39 is 5.82 Å². The fourth-order valence-corrected chi connectivity index (χ4v) is 1.59. The van der Waals surface area contributed by atoms with E-state index in [1.54, 1.807) is 11.4 Å². The monoisotopic (exact) mass is 247 g/mol. The quantitative estimate of drug-likeness (QED) is 0.644. The van der Waals surface area contributed by atoms with Crippen LogP contribution in [0.25, 0.3) is 0 Å². The maximum Gasteiger partial charge on any atom is 0.152 e. The van der Waals surface area contributed by atoms with E-state index in [4.69, 9.17) is 11.0 Å². The Labute approximate surface area is 100 Å². The van der Waals surface area contributed by atoms with Crippen LogP contribution in [0.3, 0.4) is 0 Å². The van der Waals surface area contributed by atoms with Crippen molar-refractivity contribution >= 4 is 23.1 Å². The van der Waals surface area contributed by atoms with Gasteiger partial charge < -0.3 is 5.73 Å². The van der Waals surface area contributed by atoms with Crippen molar-refractivity contribution < 1.29 is 4.39 Å². The number of nitriles is 1. The lowest BCUT2D eigenvalue weighted by atomic mass is 10.2. The van der Waals surface area contributed by atoms with Crippen molar-refractivity contribution in [3.05, 3.63) is 40.7 Å². The van der Waals surface area contributed by atoms with Gasteiger partial charge in [0.15, 0.2) is 5.84 Å². The molecule has 0 saturated heterocycles. The summed E-state index contributed by atoms with van der Waals surface area (Å²) < 4.78 is 16.7. The van der Waals surface area contributed by atoms with E-state index >= 15 is 0 Å². The standard InChI is InChI=1S/C10H6FN5S/c11-8-2-1-7(3-6(8)4-12)14-10(13)9-5-17-16-15-9/h1-3,5H,(H2,13,14). The number of nitrogens with zero attached hydrogens (tertiary/aromatic N) is 4. The third-order valence-corrected chi connectivity index (χ3v) is 2.45. The number of hydrogen-bond acceptors (Lipinski definition) is 5. The lowest BCUT2D eigenvalue weighted by Crippen LogP contribution is -2.13. The molecule has 0 spiro atoms. The number of nitrogens with two attached hydrogens (primary N) is 1. The Morgan fingerprint density at radius 3 is 3.00 bits per heavy atom. The van der Waals surface area contributed by atoms with Gasteiger partial charge >= 0.3 is 0 Å². The molecule has 5 nitrogen and oxygen atoms in total. The molecule has 0 aliphatic heterocycles. The molecule has 2 rings (SSSR count). The topological polar surface area (TPSA) is 88.0 Å². The SMILES string of the molecule is N#Cc1cc(N=C(N)c2csnn2)ccc1F. The summed E-state index contributed by atoms with van der Waals surface area (Å²) >= 11 is 1.15. The summed E-state index contributed by atoms with van der Waals surface area (Å²) in [6.07, 6.45) is 0. The molecule has 7 heteroatoms. The van der Waals surface area contributed by atoms with Crippen molar-refractivity contribution in [2.45, 2.75) is 0 Å². The Hall–Kier alpha value is -2.33. The second-order valence-electron chi connectivity index (χ2n) is 3.06. The predicted octanol–water partition coefficient (Wildman–Crippen LogP) is 1.59. The van der Waals surface area contributed by atoms with E-state index in [0.717, 1.165) is 11.5 Å². The van der Waals surface area contributed by atoms with Crippen LogP contribution in [0.4, 0.5) is 10.1 Å². The second kappa shape index (κ2) is 4.67. The fourth-order valence-electron chi connectivity index (χ4n) is 1.14. The first-order valence-corrected chi connectivity index (χ1v) is 5.35. The number of hydrogen-bond donors (Lipinski definition) is 1. The summed E-state index contributed by atoms with van der Waals surface area (Å²) in [4.78, 5) is 4.03. The van der Waals surface area contributed by atoms with Crippen LogP contribution in [0.5, 0.6) is 0 Å². The van der Waals surface area contributed by atoms with Crippen molar-refractivity contribution in [1.82, 2.24) is 9.59 Å². The highest BCUT2D eigenvalue weighted by Gasteiger charge is 2.05. The largest absolute Gasteiger partial charge is 0.382 e. The molecule has 0 bridgehead atoms. The molecule has 0 unspecified atom stereocenters. The Kier molecular flexibility index (Phi) is 3.07. The Morgan fingerprint density at radius 1 is 1.53 bits per heavy atom. The Balaban J connectivity index is 2.37. The average molecular weight is 247 g/mol. The van der Waals surface area contributed by atoms with Gasteiger partial charge in [-0.1, -0.05) is 4.49 Å². The van der Waals surface area contributed by atoms with Gasteiger partial charge in [-0.2, -0.15) is 5.26 Å². The van der Waals surface area contributed by atoms with E-state index in [-0.39, 0.29) is 11.4 Å². The minimum Gasteiger partial charge on any atom is -0.382 e. The van der Waals surface area contributed by atoms with Gasteiger partial charge in [0.2, 0.25) is 0 Å². The molecule has 0 saturated carbocycles. The summed E-state index contributed by atoms with van der Waals surface area (Å²) in [6, 6.07) is 5.66. The molecule has 0 fully saturated rings. The van der Waals surface area contributed by atoms with Gasteiger partial charge in [-0.3, -0.25) is 0 Å². The molecule has 1 heterocycles. The minimum atomic E-state index is -0.583. The molecule has 0 aliphatic rings. The van der Waals surface area contributed by atoms with Gasteiger partial charge in [0.25, 0.3) is 0 Å². The first-order valence-electron chi connectivity index (χ1n) is 4.52. The molecule has 0 radical (unpaired) electrons. The van der Waals surface area contributed by atoms with E-state index in [0.29, 0.717) is 11.4 Å². The maximum absolute atomic E-state index is 13.1. The molecule has 84 valence electrons. The van der Waals surface area contributed by atoms with Crippen LogP contribution in [-0.2, 0) is 0 Å². The van der Waals surface area contributed by atoms with Crippen LogP contribution in [0.15, 0.2) is 28.6 Å². The third-order valence-electron chi connectivity index (χ3n) is 1.94. The zero-order valence-electron chi connectivity index (χ0n) is 8.46. The van der Waals surface area contributed by atoms with E-state index in [9.17, 15) is 4.39 Å². The number of benzene rings is 1. The normalized spacial score (nSPS) is 11.2. The van der Waals surface area contributed by atoms with Crippen molar-refractivity contribution in [3.8, 4) is 6.07 Å². The van der Waals surface area contributed by atoms with Gasteiger partial charge in [-0.05, 0) is 29.7 Å². The highest BCUT2D eigenvalue weighted by molar-refractivity contribution is 7.03. The summed E-state index contributed by atoms with van der Waals surface area (Å²) in [6.45, 7) is 0. The van der Waals surface area contributed by atoms with Crippen LogP contribution < -0.4 is 5.73 Å². The Morgan fingerprint density at radius 2 is 2.35 bits per heavy atom. The summed E-state index contributed by atoms with van der Waals surface area (Å²) in [5.41, 5.74) is 6.46. The van der Waals surface area contributed by atoms with Gasteiger partial charge in [-0.15, -0.1) is 5.10 Å². The highest BCUT2D eigenvalue weighted by atomic mass is 32.1. The van der Waals surface area contributed by atoms with Gasteiger partial charge in [0, 0.05) is 5.38 Å². The van der Waals surface area contributed by atoms with Crippen molar-refractivity contribution in [2.24, 2.45) is 10.7 Å². The van der Waals surface area contributed by atoms with Gasteiger partial charge in [0.1, 0.15) is 17.6 Å². The molecule has 0 atom stereocenters. The molecule has 1 aromatic carbocycles. The van der Waals surface area contributed by atoms with E-state index in [1.165, 1.54) is 18.2 Å². The molecular weight excluding hydrogens is 241 g/mol. The van der Waals surface area contributed by atoms with Crippen LogP contribution >= 0.6 is 11.5 Å². The van der Waals surface area contributed by atoms with Gasteiger partial charge in [0.05, 0.1) is 11.3 Å². The number of aliphatic imine (C=N–C) groups is 1. The molecule has 2 N–H and O–H groups in total. The highest BCUT2D eigenvalue weighted by Crippen LogP contribution is 2.17. The average Bonchev–Trinajstić information content (AvgIpc) is 2.85. The lowest BCUT2D eigenvalue weighted by molar-refractivity contribution is 0.624. The molecule has 0 aliphatic carbocycles. The predicted molar refractivity (Wildman–Crippen MR) is 61.4 cm³/mol. The van der Waals surface area contributed by atoms with Crippen LogP contribution in [0, 0.1) is 17.1 Å². The summed E-state index contributed by atoms with van der Waals surface area (Å²) in [7, 11) is 0. The first kappa shape index (κ1) is 11.2. The van der Waals surface area contributed by atoms with Crippen molar-refractivity contribution in [2.75, 3.05) is 0 Å². The molecule has 17 heavy (non-hydrogen) atoms. The number of halogens is 1. The van der Waals surface area contributed by atoms with Crippen molar-refractivity contribution in [3.63, 3.8) is 0 Å². The van der Waals surface area contributed by atoms with Crippen LogP contribution in [0.1, 0.15) is 11.3 Å². The number of aromatic nitrogens is 2. The molecule has 1 aromatic heterocycles. The summed E-state index contributed by atoms with van der Waals surface area (Å²) in [5.74, 6) is -0.408. The van der Waals surface area contributed by atoms with Gasteiger partial charge in [-0.25, -0.2) is 9.38 Å². The zero-order valence-corrected chi connectivity index (χ0v) is 9.28. The number of rotatable bonds is 2. The van der Waals surface area contributed by atoms with Crippen LogP contribution in [-0.4, -0.2) is 15.4 Å². The van der Waals surface area contributed by atoms with Crippen LogP contribution in [0.2, 0.25) is 0 Å². The smallest absolute Gasteiger partial charge is 0.152 e. The lowest BCUT2D eigenvalue weighted by Gasteiger charge is -1.98. The van der Waals surface area contributed by atoms with Crippen molar-refractivity contribution in [1.29, 1.82) is 5.26 Å². The second-order valence-corrected chi connectivity index (χ2v) is 3.67. The fraction of sp³-hybridized carbons (Fsp3) is 0. The molecule has 0 amide bonds. The maximum atomic E-state index is 13.1. The molecule has 2 aromatic rings. The summed E-state index contributed by atoms with van der Waals surface area (Å²) in [5, 5.41) is 14.1. The Bertz CT molecular complexity index is 600. The molecular formula is C10H6FN5S. The minimum absolute atomic E-state index is 0.0737. The first-order chi connectivity index (χ1) is 8.20. The zero-order chi connectivity index (χ0) is 12.3. The van der Waals surface area contributed by atoms with E-state index in [2.05, 4.69) is 14.6 Å².